The lowest BCUT2D eigenvalue weighted by molar-refractivity contribution is -0.125. The molecule has 0 bridgehead atoms. The Hall–Kier alpha value is -1.59. The second kappa shape index (κ2) is 16.1. The Morgan fingerprint density at radius 2 is 1.03 bits per heavy atom. The van der Waals surface area contributed by atoms with E-state index in [-0.39, 0.29) is 46.4 Å². The van der Waals surface area contributed by atoms with Gasteiger partial charge in [-0.2, -0.15) is 0 Å². The largest absolute Gasteiger partial charge is 0.356 e. The number of carbonyl (C=O) groups is 3. The fraction of sp³-hybridized carbons (Fsp3) is 0.875. The Labute approximate surface area is 186 Å². The van der Waals surface area contributed by atoms with Crippen LogP contribution in [0.5, 0.6) is 0 Å². The van der Waals surface area contributed by atoms with Crippen molar-refractivity contribution in [1.82, 2.24) is 16.0 Å². The number of hydrogen-bond acceptors (Lipinski definition) is 3. The van der Waals surface area contributed by atoms with Gasteiger partial charge in [-0.3, -0.25) is 14.4 Å². The molecule has 0 unspecified atom stereocenters. The zero-order valence-corrected chi connectivity index (χ0v) is 22.1. The number of hydrogen-bond donors (Lipinski definition) is 3. The van der Waals surface area contributed by atoms with E-state index in [2.05, 4.69) is 36.7 Å². The van der Waals surface area contributed by atoms with E-state index in [1.807, 2.05) is 69.2 Å². The summed E-state index contributed by atoms with van der Waals surface area (Å²) >= 11 is 0. The lowest BCUT2D eigenvalue weighted by Crippen LogP contribution is -2.42. The highest BCUT2D eigenvalue weighted by atomic mass is 16.2. The van der Waals surface area contributed by atoms with Crippen molar-refractivity contribution in [2.45, 2.75) is 102 Å². The molecule has 3 N–H and O–H groups in total. The predicted molar refractivity (Wildman–Crippen MR) is 128 cm³/mol. The first-order chi connectivity index (χ1) is 13.3. The quantitative estimate of drug-likeness (QED) is 0.579. The first kappa shape index (κ1) is 33.1. The fourth-order valence-corrected chi connectivity index (χ4v) is 1.52. The lowest BCUT2D eigenvalue weighted by Gasteiger charge is -2.21. The first-order valence-electron chi connectivity index (χ1n) is 11.2. The maximum Gasteiger partial charge on any atom is 0.222 e. The molecule has 180 valence electrons. The molecule has 6 heteroatoms. The summed E-state index contributed by atoms with van der Waals surface area (Å²) in [6, 6.07) is 0. The highest BCUT2D eigenvalue weighted by molar-refractivity contribution is 5.78. The highest BCUT2D eigenvalue weighted by Gasteiger charge is 2.15. The van der Waals surface area contributed by atoms with E-state index in [0.29, 0.717) is 0 Å². The van der Waals surface area contributed by atoms with Crippen LogP contribution in [-0.4, -0.2) is 36.3 Å². The second-order valence-corrected chi connectivity index (χ2v) is 10.8. The summed E-state index contributed by atoms with van der Waals surface area (Å²) in [4.78, 5) is 32.9. The van der Waals surface area contributed by atoms with Gasteiger partial charge in [0, 0.05) is 36.4 Å². The van der Waals surface area contributed by atoms with E-state index in [4.69, 9.17) is 0 Å². The van der Waals surface area contributed by atoms with Gasteiger partial charge in [0.05, 0.1) is 0 Å². The third-order valence-corrected chi connectivity index (χ3v) is 3.41. The first-order valence-corrected chi connectivity index (χ1v) is 11.2. The van der Waals surface area contributed by atoms with Gasteiger partial charge in [-0.05, 0) is 32.6 Å². The SMILES string of the molecule is CC(C)C(=O)NC(C)(C)C.CC(C)C(=O)NCC(C)(C)C.CCCNC(=O)C(C)C. The molecule has 0 saturated heterocycles. The van der Waals surface area contributed by atoms with Crippen molar-refractivity contribution >= 4 is 17.7 Å². The Morgan fingerprint density at radius 3 is 1.27 bits per heavy atom. The monoisotopic (exact) mass is 429 g/mol. The van der Waals surface area contributed by atoms with Gasteiger partial charge in [0.15, 0.2) is 0 Å². The summed E-state index contributed by atoms with van der Waals surface area (Å²) in [5.74, 6) is 0.706. The Kier molecular flexibility index (Phi) is 17.8. The molecular weight excluding hydrogens is 378 g/mol. The van der Waals surface area contributed by atoms with Crippen LogP contribution in [0.15, 0.2) is 0 Å². The zero-order chi connectivity index (χ0) is 24.7. The summed E-state index contributed by atoms with van der Waals surface area (Å²) in [6.07, 6.45) is 1.01. The molecular formula is C24H51N3O3. The predicted octanol–water partition coefficient (Wildman–Crippen LogP) is 4.53. The van der Waals surface area contributed by atoms with Gasteiger partial charge in [-0.25, -0.2) is 0 Å². The molecule has 0 atom stereocenters. The number of rotatable bonds is 6. The van der Waals surface area contributed by atoms with E-state index in [0.717, 1.165) is 19.5 Å². The van der Waals surface area contributed by atoms with Crippen molar-refractivity contribution in [3.05, 3.63) is 0 Å². The van der Waals surface area contributed by atoms with Crippen LogP contribution in [0.1, 0.15) is 96.4 Å². The molecule has 6 nitrogen and oxygen atoms in total. The molecule has 3 amide bonds. The standard InChI is InChI=1S/C9H19NO.C8H17NO.C7H15NO/c1-7(2)8(11)10-6-9(3,4)5;1-6(2)7(10)9-8(3,4)5;1-4-5-8-7(9)6(2)3/h7H,6H2,1-5H3,(H,10,11);6H,1-5H3,(H,9,10);6H,4-5H2,1-3H3,(H,8,9). The average Bonchev–Trinajstić information content (AvgIpc) is 2.56. The zero-order valence-electron chi connectivity index (χ0n) is 22.1. The van der Waals surface area contributed by atoms with Crippen LogP contribution in [0.3, 0.4) is 0 Å². The Morgan fingerprint density at radius 1 is 0.667 bits per heavy atom. The summed E-state index contributed by atoms with van der Waals surface area (Å²) in [5, 5.41) is 8.56. The third-order valence-electron chi connectivity index (χ3n) is 3.41. The molecule has 0 rings (SSSR count). The smallest absolute Gasteiger partial charge is 0.222 e. The molecule has 0 heterocycles. The van der Waals surface area contributed by atoms with Crippen LogP contribution < -0.4 is 16.0 Å². The highest BCUT2D eigenvalue weighted by Crippen LogP contribution is 2.10. The van der Waals surface area contributed by atoms with Crippen LogP contribution in [0, 0.1) is 23.2 Å². The summed E-state index contributed by atoms with van der Waals surface area (Å²) < 4.78 is 0. The van der Waals surface area contributed by atoms with Crippen LogP contribution >= 0.6 is 0 Å². The van der Waals surface area contributed by atoms with Crippen molar-refractivity contribution in [3.63, 3.8) is 0 Å². The number of nitrogens with one attached hydrogen (secondary N) is 3. The lowest BCUT2D eigenvalue weighted by atomic mass is 9.97. The maximum atomic E-state index is 11.1. The minimum Gasteiger partial charge on any atom is -0.356 e. The fourth-order valence-electron chi connectivity index (χ4n) is 1.52. The van der Waals surface area contributed by atoms with Crippen LogP contribution in [0.25, 0.3) is 0 Å². The van der Waals surface area contributed by atoms with E-state index < -0.39 is 0 Å². The molecule has 0 spiro atoms. The van der Waals surface area contributed by atoms with Gasteiger partial charge < -0.3 is 16.0 Å². The molecule has 0 aliphatic rings. The minimum atomic E-state index is -0.0959. The van der Waals surface area contributed by atoms with Crippen molar-refractivity contribution in [2.24, 2.45) is 23.2 Å². The molecule has 0 fully saturated rings. The normalized spacial score (nSPS) is 11.2. The van der Waals surface area contributed by atoms with Gasteiger partial charge in [0.1, 0.15) is 0 Å². The van der Waals surface area contributed by atoms with E-state index in [1.165, 1.54) is 0 Å². The van der Waals surface area contributed by atoms with Crippen LogP contribution in [0.4, 0.5) is 0 Å². The maximum absolute atomic E-state index is 11.1. The molecule has 0 aromatic rings. The Bertz CT molecular complexity index is 485. The van der Waals surface area contributed by atoms with Gasteiger partial charge in [-0.1, -0.05) is 69.2 Å². The van der Waals surface area contributed by atoms with E-state index >= 15 is 0 Å². The molecule has 0 aromatic heterocycles. The summed E-state index contributed by atoms with van der Waals surface area (Å²) in [5.41, 5.74) is 0.0892. The van der Waals surface area contributed by atoms with Gasteiger partial charge in [-0.15, -0.1) is 0 Å². The molecule has 0 radical (unpaired) electrons. The molecule has 0 saturated carbocycles. The van der Waals surface area contributed by atoms with Crippen molar-refractivity contribution in [3.8, 4) is 0 Å². The van der Waals surface area contributed by atoms with E-state index in [9.17, 15) is 14.4 Å². The van der Waals surface area contributed by atoms with Crippen LogP contribution in [0.2, 0.25) is 0 Å². The van der Waals surface area contributed by atoms with Crippen molar-refractivity contribution < 1.29 is 14.4 Å². The number of carbonyl (C=O) groups excluding carboxylic acids is 3. The second-order valence-electron chi connectivity index (χ2n) is 10.8. The van der Waals surface area contributed by atoms with Gasteiger partial charge in [0.2, 0.25) is 17.7 Å². The molecule has 0 aliphatic heterocycles. The summed E-state index contributed by atoms with van der Waals surface area (Å²) in [6.45, 7) is 27.2. The van der Waals surface area contributed by atoms with E-state index in [1.54, 1.807) is 0 Å². The van der Waals surface area contributed by atoms with Crippen molar-refractivity contribution in [1.29, 1.82) is 0 Å². The summed E-state index contributed by atoms with van der Waals surface area (Å²) in [7, 11) is 0. The van der Waals surface area contributed by atoms with Crippen LogP contribution in [-0.2, 0) is 14.4 Å². The average molecular weight is 430 g/mol. The third kappa shape index (κ3) is 26.4. The van der Waals surface area contributed by atoms with Gasteiger partial charge >= 0.3 is 0 Å². The number of amides is 3. The Balaban J connectivity index is -0.000000366. The minimum absolute atomic E-state index is 0.0826. The molecule has 0 aliphatic carbocycles. The van der Waals surface area contributed by atoms with Gasteiger partial charge in [0.25, 0.3) is 0 Å². The molecule has 0 aromatic carbocycles. The van der Waals surface area contributed by atoms with Crippen molar-refractivity contribution in [2.75, 3.05) is 13.1 Å². The molecule has 30 heavy (non-hydrogen) atoms. The topological polar surface area (TPSA) is 87.3 Å².